The number of nitrogens with zero attached hydrogens (tertiary/aromatic N) is 1. The molecule has 5 aliphatic rings. The van der Waals surface area contributed by atoms with Crippen LogP contribution >= 0.6 is 0 Å². The summed E-state index contributed by atoms with van der Waals surface area (Å²) in [6, 6.07) is 5.95. The van der Waals surface area contributed by atoms with E-state index in [-0.39, 0.29) is 23.7 Å². The lowest BCUT2D eigenvalue weighted by Gasteiger charge is -2.37. The molecule has 0 N–H and O–H groups in total. The summed E-state index contributed by atoms with van der Waals surface area (Å²) < 4.78 is 0. The summed E-state index contributed by atoms with van der Waals surface area (Å²) in [7, 11) is 0. The lowest BCUT2D eigenvalue weighted by molar-refractivity contribution is -0.124. The molecule has 1 aromatic carbocycles. The van der Waals surface area contributed by atoms with E-state index in [0.29, 0.717) is 23.7 Å². The van der Waals surface area contributed by atoms with Crippen molar-refractivity contribution in [2.75, 3.05) is 4.90 Å². The second-order valence-corrected chi connectivity index (χ2v) is 7.46. The third-order valence-corrected chi connectivity index (χ3v) is 6.26. The summed E-state index contributed by atoms with van der Waals surface area (Å²) in [5.41, 5.74) is 2.94. The Morgan fingerprint density at radius 1 is 0.955 bits per heavy atom. The molecule has 2 amide bonds. The van der Waals surface area contributed by atoms with E-state index < -0.39 is 0 Å². The summed E-state index contributed by atoms with van der Waals surface area (Å²) in [6.07, 6.45) is 5.65. The summed E-state index contributed by atoms with van der Waals surface area (Å²) in [5.74, 6) is 1.77. The molecule has 0 aromatic heterocycles. The minimum absolute atomic E-state index is 0.0339. The molecule has 6 rings (SSSR count). The average molecular weight is 293 g/mol. The molecule has 3 fully saturated rings. The fraction of sp³-hybridized carbons (Fsp3) is 0.474. The van der Waals surface area contributed by atoms with Gasteiger partial charge >= 0.3 is 0 Å². The molecular weight excluding hydrogens is 274 g/mol. The predicted molar refractivity (Wildman–Crippen MR) is 83.1 cm³/mol. The van der Waals surface area contributed by atoms with Crippen molar-refractivity contribution >= 4 is 17.5 Å². The average Bonchev–Trinajstić information content (AvgIpc) is 3.26. The molecule has 2 bridgehead atoms. The highest BCUT2D eigenvalue weighted by Crippen LogP contribution is 2.65. The second-order valence-electron chi connectivity index (χ2n) is 7.46. The van der Waals surface area contributed by atoms with Crippen molar-refractivity contribution in [2.45, 2.75) is 20.3 Å². The lowest BCUT2D eigenvalue weighted by atomic mass is 9.63. The van der Waals surface area contributed by atoms with Crippen LogP contribution in [0.2, 0.25) is 0 Å². The molecule has 0 radical (unpaired) electrons. The first-order chi connectivity index (χ1) is 10.6. The van der Waals surface area contributed by atoms with Gasteiger partial charge in [0.1, 0.15) is 0 Å². The van der Waals surface area contributed by atoms with Crippen LogP contribution in [0.1, 0.15) is 17.5 Å². The summed E-state index contributed by atoms with van der Waals surface area (Å²) in [6.45, 7) is 4.01. The highest BCUT2D eigenvalue weighted by Gasteiger charge is 2.67. The van der Waals surface area contributed by atoms with Crippen LogP contribution in [0.4, 0.5) is 5.69 Å². The van der Waals surface area contributed by atoms with E-state index >= 15 is 0 Å². The number of aryl methyl sites for hydroxylation is 2. The number of rotatable bonds is 1. The molecule has 6 atom stereocenters. The number of carbonyl (C=O) groups is 2. The van der Waals surface area contributed by atoms with E-state index in [4.69, 9.17) is 0 Å². The Labute approximate surface area is 130 Å². The zero-order chi connectivity index (χ0) is 15.2. The van der Waals surface area contributed by atoms with E-state index in [1.54, 1.807) is 0 Å². The third-order valence-electron chi connectivity index (χ3n) is 6.26. The number of imide groups is 1. The minimum Gasteiger partial charge on any atom is -0.274 e. The van der Waals surface area contributed by atoms with Gasteiger partial charge in [-0.2, -0.15) is 0 Å². The lowest BCUT2D eigenvalue weighted by Crippen LogP contribution is -2.40. The van der Waals surface area contributed by atoms with Crippen LogP contribution in [0.15, 0.2) is 30.4 Å². The fourth-order valence-corrected chi connectivity index (χ4v) is 5.25. The highest BCUT2D eigenvalue weighted by atomic mass is 16.2. The van der Waals surface area contributed by atoms with E-state index in [2.05, 4.69) is 12.2 Å². The largest absolute Gasteiger partial charge is 0.274 e. The van der Waals surface area contributed by atoms with Gasteiger partial charge in [-0.25, -0.2) is 4.90 Å². The van der Waals surface area contributed by atoms with Gasteiger partial charge < -0.3 is 0 Å². The Bertz CT molecular complexity index is 714. The highest BCUT2D eigenvalue weighted by molar-refractivity contribution is 6.23. The monoisotopic (exact) mass is 293 g/mol. The van der Waals surface area contributed by atoms with Crippen LogP contribution in [-0.2, 0) is 9.59 Å². The summed E-state index contributed by atoms with van der Waals surface area (Å²) >= 11 is 0. The second kappa shape index (κ2) is 3.89. The van der Waals surface area contributed by atoms with Gasteiger partial charge in [-0.05, 0) is 55.6 Å². The van der Waals surface area contributed by atoms with Crippen LogP contribution in [-0.4, -0.2) is 11.8 Å². The molecule has 3 nitrogen and oxygen atoms in total. The number of allylic oxidation sites excluding steroid dienone is 2. The Morgan fingerprint density at radius 2 is 1.55 bits per heavy atom. The molecule has 112 valence electrons. The van der Waals surface area contributed by atoms with Crippen LogP contribution in [0.5, 0.6) is 0 Å². The van der Waals surface area contributed by atoms with Gasteiger partial charge in [0, 0.05) is 0 Å². The zero-order valence-electron chi connectivity index (χ0n) is 12.8. The van der Waals surface area contributed by atoms with E-state index in [1.165, 1.54) is 11.3 Å². The number of benzene rings is 1. The number of carbonyl (C=O) groups excluding carboxylic acids is 2. The number of anilines is 1. The topological polar surface area (TPSA) is 37.4 Å². The molecule has 1 aromatic rings. The molecule has 22 heavy (non-hydrogen) atoms. The van der Waals surface area contributed by atoms with Crippen molar-refractivity contribution in [3.05, 3.63) is 41.5 Å². The van der Waals surface area contributed by atoms with Crippen LogP contribution < -0.4 is 4.90 Å². The van der Waals surface area contributed by atoms with E-state index in [1.807, 2.05) is 32.0 Å². The van der Waals surface area contributed by atoms with Gasteiger partial charge in [0.25, 0.3) is 0 Å². The van der Waals surface area contributed by atoms with Gasteiger partial charge in [-0.15, -0.1) is 0 Å². The molecule has 1 heterocycles. The van der Waals surface area contributed by atoms with Gasteiger partial charge in [0.05, 0.1) is 17.5 Å². The van der Waals surface area contributed by atoms with Crippen LogP contribution in [0, 0.1) is 49.4 Å². The van der Waals surface area contributed by atoms with Crippen molar-refractivity contribution < 1.29 is 9.59 Å². The first-order valence-corrected chi connectivity index (χ1v) is 8.21. The maximum absolute atomic E-state index is 13.0. The first kappa shape index (κ1) is 12.6. The molecule has 4 aliphatic carbocycles. The van der Waals surface area contributed by atoms with Gasteiger partial charge in [0.2, 0.25) is 11.8 Å². The fourth-order valence-electron chi connectivity index (χ4n) is 5.25. The summed E-state index contributed by atoms with van der Waals surface area (Å²) in [4.78, 5) is 27.5. The van der Waals surface area contributed by atoms with Crippen molar-refractivity contribution in [3.8, 4) is 0 Å². The molecule has 1 saturated heterocycles. The molecule has 0 unspecified atom stereocenters. The molecule has 3 heteroatoms. The standard InChI is InChI=1S/C19H19NO2/c1-9-3-6-15(10(2)7-9)20-18(21)16-11-4-5-12(14-8-13(11)14)17(16)19(20)22/h3-7,11-14,16-17H,8H2,1-2H3/t11-,12+,13+,14-,16+,17-. The molecule has 1 aliphatic heterocycles. The normalized spacial score (nSPS) is 40.9. The van der Waals surface area contributed by atoms with E-state index in [9.17, 15) is 9.59 Å². The number of hydrogen-bond acceptors (Lipinski definition) is 2. The van der Waals surface area contributed by atoms with Gasteiger partial charge in [-0.1, -0.05) is 29.8 Å². The van der Waals surface area contributed by atoms with Crippen LogP contribution in [0.3, 0.4) is 0 Å². The van der Waals surface area contributed by atoms with Gasteiger partial charge in [0.15, 0.2) is 0 Å². The van der Waals surface area contributed by atoms with Crippen LogP contribution in [0.25, 0.3) is 0 Å². The Morgan fingerprint density at radius 3 is 2.09 bits per heavy atom. The van der Waals surface area contributed by atoms with Crippen molar-refractivity contribution in [2.24, 2.45) is 35.5 Å². The number of amides is 2. The van der Waals surface area contributed by atoms with Crippen molar-refractivity contribution in [3.63, 3.8) is 0 Å². The summed E-state index contributed by atoms with van der Waals surface area (Å²) in [5, 5.41) is 0. The van der Waals surface area contributed by atoms with Crippen molar-refractivity contribution in [1.82, 2.24) is 0 Å². The predicted octanol–water partition coefficient (Wildman–Crippen LogP) is 2.86. The Balaban J connectivity index is 1.60. The number of hydrogen-bond donors (Lipinski definition) is 0. The van der Waals surface area contributed by atoms with Crippen molar-refractivity contribution in [1.29, 1.82) is 0 Å². The molecular formula is C19H19NO2. The Hall–Kier alpha value is -1.90. The smallest absolute Gasteiger partial charge is 0.238 e. The maximum Gasteiger partial charge on any atom is 0.238 e. The molecule has 0 spiro atoms. The first-order valence-electron chi connectivity index (χ1n) is 8.21. The van der Waals surface area contributed by atoms with E-state index in [0.717, 1.165) is 16.8 Å². The quantitative estimate of drug-likeness (QED) is 0.590. The minimum atomic E-state index is -0.105. The Kier molecular flexibility index (Phi) is 2.23. The zero-order valence-corrected chi connectivity index (χ0v) is 12.8. The molecule has 2 saturated carbocycles. The maximum atomic E-state index is 13.0. The van der Waals surface area contributed by atoms with Gasteiger partial charge in [-0.3, -0.25) is 9.59 Å². The SMILES string of the molecule is Cc1ccc(N2C(=O)[C@@H]3[C@H]4C=C[C@H]([C@@H]5C[C@H]45)[C@@H]3C2=O)c(C)c1. The third kappa shape index (κ3) is 1.37.